The summed E-state index contributed by atoms with van der Waals surface area (Å²) in [6.07, 6.45) is 8.71. The van der Waals surface area contributed by atoms with Crippen LogP contribution in [-0.4, -0.2) is 58.5 Å². The van der Waals surface area contributed by atoms with Gasteiger partial charge in [-0.2, -0.15) is 5.26 Å². The summed E-state index contributed by atoms with van der Waals surface area (Å²) in [4.78, 5) is 28.4. The molecule has 3 N–H and O–H groups in total. The van der Waals surface area contributed by atoms with Crippen LogP contribution >= 0.6 is 0 Å². The molecule has 1 aliphatic rings. The number of aryl methyl sites for hydroxylation is 1. The molecule has 0 bridgehead atoms. The maximum atomic E-state index is 11.3. The Labute approximate surface area is 221 Å². The number of carbonyl (C=O) groups is 1. The first-order chi connectivity index (χ1) is 18.6. The van der Waals surface area contributed by atoms with Crippen LogP contribution in [0, 0.1) is 11.3 Å². The number of primary amides is 1. The molecule has 0 spiro atoms. The van der Waals surface area contributed by atoms with Gasteiger partial charge in [0.1, 0.15) is 6.61 Å². The van der Waals surface area contributed by atoms with E-state index in [1.807, 2.05) is 24.3 Å². The Balaban J connectivity index is 1.04. The number of fused-ring (bicyclic) bond motifs is 1. The first-order valence-electron chi connectivity index (χ1n) is 12.9. The van der Waals surface area contributed by atoms with Crippen molar-refractivity contribution in [1.82, 2.24) is 19.9 Å². The highest BCUT2D eigenvalue weighted by Gasteiger charge is 2.19. The van der Waals surface area contributed by atoms with Crippen LogP contribution in [0.4, 0.5) is 5.95 Å². The summed E-state index contributed by atoms with van der Waals surface area (Å²) in [6, 6.07) is 15.1. The van der Waals surface area contributed by atoms with Crippen molar-refractivity contribution in [2.24, 2.45) is 5.73 Å². The molecule has 0 radical (unpaired) electrons. The standard InChI is InChI=1S/C29H31N7O2/c30-16-21-7-8-27-26(15-21)24(17-32-27)5-1-2-9-35-10-12-36(13-11-35)29-33-18-25(19-34-29)38-20-22-4-3-6-23(14-22)28(31)37/h3-4,6-8,14-15,17-19,32H,1-2,5,9-13,20H2,(H2,31,37). The van der Waals surface area contributed by atoms with Gasteiger partial charge >= 0.3 is 0 Å². The van der Waals surface area contributed by atoms with Crippen molar-refractivity contribution >= 4 is 22.8 Å². The number of benzene rings is 2. The molecule has 0 aliphatic carbocycles. The molecule has 9 nitrogen and oxygen atoms in total. The Morgan fingerprint density at radius 3 is 2.66 bits per heavy atom. The lowest BCUT2D eigenvalue weighted by Crippen LogP contribution is -2.47. The van der Waals surface area contributed by atoms with Crippen LogP contribution in [0.1, 0.15) is 39.9 Å². The average Bonchev–Trinajstić information content (AvgIpc) is 3.37. The van der Waals surface area contributed by atoms with E-state index in [1.165, 1.54) is 5.56 Å². The molecule has 4 aromatic rings. The quantitative estimate of drug-likeness (QED) is 0.313. The molecule has 1 aliphatic heterocycles. The molecular weight excluding hydrogens is 478 g/mol. The topological polar surface area (TPSA) is 124 Å². The number of nitriles is 1. The van der Waals surface area contributed by atoms with Gasteiger partial charge < -0.3 is 20.4 Å². The van der Waals surface area contributed by atoms with Crippen LogP contribution in [-0.2, 0) is 13.0 Å². The lowest BCUT2D eigenvalue weighted by molar-refractivity contribution is 0.1000. The van der Waals surface area contributed by atoms with Crippen molar-refractivity contribution in [3.8, 4) is 11.8 Å². The molecule has 0 atom stereocenters. The predicted octanol–water partition coefficient (Wildman–Crippen LogP) is 3.65. The van der Waals surface area contributed by atoms with Crippen molar-refractivity contribution in [2.75, 3.05) is 37.6 Å². The fourth-order valence-electron chi connectivity index (χ4n) is 4.81. The highest BCUT2D eigenvalue weighted by molar-refractivity contribution is 5.92. The molecule has 2 aromatic carbocycles. The Hall–Kier alpha value is -4.42. The van der Waals surface area contributed by atoms with E-state index in [0.29, 0.717) is 29.4 Å². The van der Waals surface area contributed by atoms with Crippen molar-refractivity contribution in [2.45, 2.75) is 25.9 Å². The minimum atomic E-state index is -0.457. The Kier molecular flexibility index (Phi) is 7.81. The van der Waals surface area contributed by atoms with Gasteiger partial charge in [0.25, 0.3) is 0 Å². The van der Waals surface area contributed by atoms with E-state index < -0.39 is 5.91 Å². The van der Waals surface area contributed by atoms with Gasteiger partial charge in [0.15, 0.2) is 5.75 Å². The van der Waals surface area contributed by atoms with Gasteiger partial charge in [0.2, 0.25) is 11.9 Å². The molecule has 2 aromatic heterocycles. The number of nitrogens with one attached hydrogen (secondary N) is 1. The number of hydrogen-bond donors (Lipinski definition) is 2. The third-order valence-corrected chi connectivity index (χ3v) is 6.95. The molecule has 9 heteroatoms. The largest absolute Gasteiger partial charge is 0.486 e. The van der Waals surface area contributed by atoms with E-state index in [2.05, 4.69) is 37.0 Å². The lowest BCUT2D eigenvalue weighted by atomic mass is 10.1. The Morgan fingerprint density at radius 1 is 1.08 bits per heavy atom. The van der Waals surface area contributed by atoms with Gasteiger partial charge in [0, 0.05) is 48.8 Å². The van der Waals surface area contributed by atoms with E-state index >= 15 is 0 Å². The second-order valence-electron chi connectivity index (χ2n) is 9.54. The average molecular weight is 510 g/mol. The number of H-pyrrole nitrogens is 1. The summed E-state index contributed by atoms with van der Waals surface area (Å²) < 4.78 is 5.78. The zero-order chi connectivity index (χ0) is 26.3. The third-order valence-electron chi connectivity index (χ3n) is 6.95. The lowest BCUT2D eigenvalue weighted by Gasteiger charge is -2.34. The van der Waals surface area contributed by atoms with Crippen molar-refractivity contribution in [3.05, 3.63) is 83.3 Å². The summed E-state index contributed by atoms with van der Waals surface area (Å²) in [5.41, 5.74) is 9.74. The molecule has 1 amide bonds. The number of amides is 1. The molecule has 1 fully saturated rings. The highest BCUT2D eigenvalue weighted by atomic mass is 16.5. The molecule has 38 heavy (non-hydrogen) atoms. The normalized spacial score (nSPS) is 13.9. The molecule has 194 valence electrons. The number of nitrogens with two attached hydrogens (primary N) is 1. The van der Waals surface area contributed by atoms with Gasteiger partial charge in [-0.3, -0.25) is 9.69 Å². The maximum Gasteiger partial charge on any atom is 0.248 e. The van der Waals surface area contributed by atoms with E-state index in [9.17, 15) is 10.1 Å². The van der Waals surface area contributed by atoms with Gasteiger partial charge in [-0.1, -0.05) is 12.1 Å². The van der Waals surface area contributed by atoms with Crippen LogP contribution in [0.5, 0.6) is 5.75 Å². The number of carbonyl (C=O) groups excluding carboxylic acids is 1. The molecule has 0 saturated carbocycles. The van der Waals surface area contributed by atoms with Gasteiger partial charge in [0.05, 0.1) is 24.0 Å². The fraction of sp³-hybridized carbons (Fsp3) is 0.310. The van der Waals surface area contributed by atoms with Crippen LogP contribution in [0.25, 0.3) is 10.9 Å². The Morgan fingerprint density at radius 2 is 1.89 bits per heavy atom. The number of aromatic amines is 1. The second kappa shape index (κ2) is 11.8. The van der Waals surface area contributed by atoms with E-state index in [1.54, 1.807) is 30.6 Å². The highest BCUT2D eigenvalue weighted by Crippen LogP contribution is 2.22. The van der Waals surface area contributed by atoms with Crippen LogP contribution in [0.3, 0.4) is 0 Å². The van der Waals surface area contributed by atoms with Crippen molar-refractivity contribution in [1.29, 1.82) is 5.26 Å². The maximum absolute atomic E-state index is 11.3. The number of anilines is 1. The van der Waals surface area contributed by atoms with E-state index in [4.69, 9.17) is 10.5 Å². The monoisotopic (exact) mass is 509 g/mol. The summed E-state index contributed by atoms with van der Waals surface area (Å²) in [6.45, 7) is 5.12. The van der Waals surface area contributed by atoms with Gasteiger partial charge in [-0.15, -0.1) is 0 Å². The number of nitrogens with zero attached hydrogens (tertiary/aromatic N) is 5. The van der Waals surface area contributed by atoms with Crippen LogP contribution < -0.4 is 15.4 Å². The smallest absolute Gasteiger partial charge is 0.248 e. The zero-order valence-electron chi connectivity index (χ0n) is 21.3. The first kappa shape index (κ1) is 25.2. The third kappa shape index (κ3) is 6.10. The summed E-state index contributed by atoms with van der Waals surface area (Å²) in [5.74, 6) is 0.834. The minimum Gasteiger partial charge on any atom is -0.486 e. The summed E-state index contributed by atoms with van der Waals surface area (Å²) >= 11 is 0. The van der Waals surface area contributed by atoms with Crippen molar-refractivity contribution < 1.29 is 9.53 Å². The molecule has 0 unspecified atom stereocenters. The molecule has 1 saturated heterocycles. The van der Waals surface area contributed by atoms with Crippen molar-refractivity contribution in [3.63, 3.8) is 0 Å². The minimum absolute atomic E-state index is 0.309. The van der Waals surface area contributed by atoms with Crippen LogP contribution in [0.15, 0.2) is 61.1 Å². The fourth-order valence-corrected chi connectivity index (χ4v) is 4.81. The molecule has 3 heterocycles. The number of unbranched alkanes of at least 4 members (excludes halogenated alkanes) is 1. The molecular formula is C29H31N7O2. The number of piperazine rings is 1. The van der Waals surface area contributed by atoms with E-state index in [-0.39, 0.29) is 0 Å². The summed E-state index contributed by atoms with van der Waals surface area (Å²) in [7, 11) is 0. The number of hydrogen-bond acceptors (Lipinski definition) is 7. The summed E-state index contributed by atoms with van der Waals surface area (Å²) in [5, 5.41) is 10.3. The van der Waals surface area contributed by atoms with Gasteiger partial charge in [-0.05, 0) is 67.3 Å². The predicted molar refractivity (Wildman–Crippen MR) is 146 cm³/mol. The van der Waals surface area contributed by atoms with Crippen LogP contribution in [0.2, 0.25) is 0 Å². The van der Waals surface area contributed by atoms with Gasteiger partial charge in [-0.25, -0.2) is 9.97 Å². The first-order valence-corrected chi connectivity index (χ1v) is 12.9. The number of aromatic nitrogens is 3. The number of rotatable bonds is 10. The number of ether oxygens (including phenoxy) is 1. The SMILES string of the molecule is N#Cc1ccc2[nH]cc(CCCCN3CCN(c4ncc(OCc5cccc(C(N)=O)c5)cn4)CC3)c2c1. The Bertz CT molecular complexity index is 1430. The second-order valence-corrected chi connectivity index (χ2v) is 9.54. The van der Waals surface area contributed by atoms with E-state index in [0.717, 1.165) is 68.5 Å². The molecule has 5 rings (SSSR count). The zero-order valence-corrected chi connectivity index (χ0v) is 21.3.